The topological polar surface area (TPSA) is 129 Å². The Labute approximate surface area is 170 Å². The van der Waals surface area contributed by atoms with Gasteiger partial charge in [0.1, 0.15) is 17.7 Å². The van der Waals surface area contributed by atoms with Crippen LogP contribution in [0.15, 0.2) is 0 Å². The summed E-state index contributed by atoms with van der Waals surface area (Å²) in [4.78, 5) is 52.0. The van der Waals surface area contributed by atoms with E-state index in [4.69, 9.17) is 4.74 Å². The molecule has 29 heavy (non-hydrogen) atoms. The van der Waals surface area contributed by atoms with Gasteiger partial charge >= 0.3 is 18.0 Å². The summed E-state index contributed by atoms with van der Waals surface area (Å²) in [6.45, 7) is 7.24. The molecular formula is C19H28N4O6. The van der Waals surface area contributed by atoms with Crippen molar-refractivity contribution < 1.29 is 28.7 Å². The molecule has 10 heteroatoms. The summed E-state index contributed by atoms with van der Waals surface area (Å²) in [5.41, 5.74) is -0.764. The van der Waals surface area contributed by atoms with E-state index in [1.165, 1.54) is 9.80 Å². The van der Waals surface area contributed by atoms with Crippen molar-refractivity contribution in [1.82, 2.24) is 15.1 Å². The molecule has 0 saturated carbocycles. The summed E-state index contributed by atoms with van der Waals surface area (Å²) < 4.78 is 10.1. The average Bonchev–Trinajstić information content (AvgIpc) is 3.26. The van der Waals surface area contributed by atoms with Crippen molar-refractivity contribution in [3.8, 4) is 6.07 Å². The summed E-state index contributed by atoms with van der Waals surface area (Å²) in [7, 11) is 0. The Bertz CT molecular complexity index is 710. The van der Waals surface area contributed by atoms with Crippen LogP contribution in [0.2, 0.25) is 0 Å². The molecule has 10 nitrogen and oxygen atoms in total. The summed E-state index contributed by atoms with van der Waals surface area (Å²) >= 11 is 0. The van der Waals surface area contributed by atoms with Gasteiger partial charge in [0.2, 0.25) is 5.91 Å². The van der Waals surface area contributed by atoms with E-state index in [0.29, 0.717) is 19.4 Å². The molecule has 2 heterocycles. The van der Waals surface area contributed by atoms with E-state index in [1.807, 2.05) is 0 Å². The van der Waals surface area contributed by atoms with Crippen LogP contribution < -0.4 is 5.32 Å². The van der Waals surface area contributed by atoms with Gasteiger partial charge in [-0.2, -0.15) is 5.26 Å². The first-order valence-corrected chi connectivity index (χ1v) is 9.74. The van der Waals surface area contributed by atoms with E-state index in [1.54, 1.807) is 27.7 Å². The Morgan fingerprint density at radius 1 is 1.21 bits per heavy atom. The number of nitrogens with one attached hydrogen (secondary N) is 1. The summed E-state index contributed by atoms with van der Waals surface area (Å²) in [5, 5.41) is 11.8. The monoisotopic (exact) mass is 408 g/mol. The Balaban J connectivity index is 2.17. The number of amides is 3. The third kappa shape index (κ3) is 5.59. The molecule has 160 valence electrons. The molecule has 0 aliphatic carbocycles. The van der Waals surface area contributed by atoms with Crippen LogP contribution in [0.5, 0.6) is 0 Å². The van der Waals surface area contributed by atoms with E-state index in [2.05, 4.69) is 16.1 Å². The fourth-order valence-corrected chi connectivity index (χ4v) is 3.49. The van der Waals surface area contributed by atoms with E-state index < -0.39 is 41.7 Å². The van der Waals surface area contributed by atoms with Crippen LogP contribution in [-0.4, -0.2) is 77.1 Å². The molecule has 2 aliphatic heterocycles. The third-order valence-corrected chi connectivity index (χ3v) is 4.70. The predicted molar refractivity (Wildman–Crippen MR) is 100 cm³/mol. The molecule has 1 unspecified atom stereocenters. The maximum absolute atomic E-state index is 13.1. The number of esters is 1. The van der Waals surface area contributed by atoms with E-state index in [9.17, 15) is 24.4 Å². The Morgan fingerprint density at radius 3 is 2.48 bits per heavy atom. The minimum atomic E-state index is -1.02. The lowest BCUT2D eigenvalue weighted by molar-refractivity contribution is -0.154. The molecule has 0 spiro atoms. The summed E-state index contributed by atoms with van der Waals surface area (Å²) in [6, 6.07) is 0.0838. The quantitative estimate of drug-likeness (QED) is 0.533. The minimum absolute atomic E-state index is 0.0154. The molecule has 3 amide bonds. The van der Waals surface area contributed by atoms with Crippen LogP contribution in [0.25, 0.3) is 0 Å². The highest BCUT2D eigenvalue weighted by Crippen LogP contribution is 2.26. The van der Waals surface area contributed by atoms with Crippen LogP contribution >= 0.6 is 0 Å². The number of carbonyl (C=O) groups is 4. The lowest BCUT2D eigenvalue weighted by atomic mass is 10.1. The maximum Gasteiger partial charge on any atom is 0.411 e. The number of carbonyl (C=O) groups excluding carboxylic acids is 4. The number of hydrogen-bond acceptors (Lipinski definition) is 7. The van der Waals surface area contributed by atoms with Gasteiger partial charge in [-0.3, -0.25) is 14.5 Å². The molecule has 0 bridgehead atoms. The molecule has 0 aromatic carbocycles. The third-order valence-electron chi connectivity index (χ3n) is 4.70. The minimum Gasteiger partial charge on any atom is -0.459 e. The lowest BCUT2D eigenvalue weighted by Crippen LogP contribution is -2.50. The van der Waals surface area contributed by atoms with Crippen molar-refractivity contribution in [3.05, 3.63) is 0 Å². The molecule has 0 radical (unpaired) electrons. The van der Waals surface area contributed by atoms with Gasteiger partial charge in [0, 0.05) is 19.1 Å². The van der Waals surface area contributed by atoms with Crippen molar-refractivity contribution >= 4 is 23.9 Å². The van der Waals surface area contributed by atoms with Crippen molar-refractivity contribution in [2.75, 3.05) is 19.7 Å². The summed E-state index contributed by atoms with van der Waals surface area (Å²) in [6.07, 6.45) is 0.741. The Kier molecular flexibility index (Phi) is 7.06. The molecule has 1 N–H and O–H groups in total. The van der Waals surface area contributed by atoms with Crippen molar-refractivity contribution in [2.24, 2.45) is 0 Å². The van der Waals surface area contributed by atoms with Crippen molar-refractivity contribution in [1.29, 1.82) is 5.26 Å². The fourth-order valence-electron chi connectivity index (χ4n) is 3.49. The largest absolute Gasteiger partial charge is 0.459 e. The first-order chi connectivity index (χ1) is 13.6. The second-order valence-electron chi connectivity index (χ2n) is 8.09. The number of hydrogen-bond donors (Lipinski definition) is 1. The van der Waals surface area contributed by atoms with Crippen LogP contribution in [0.3, 0.4) is 0 Å². The molecular weight excluding hydrogens is 380 g/mol. The van der Waals surface area contributed by atoms with E-state index in [0.717, 1.165) is 0 Å². The Morgan fingerprint density at radius 2 is 1.90 bits per heavy atom. The van der Waals surface area contributed by atoms with Gasteiger partial charge in [-0.05, 0) is 47.0 Å². The smallest absolute Gasteiger partial charge is 0.411 e. The lowest BCUT2D eigenvalue weighted by Gasteiger charge is -2.30. The van der Waals surface area contributed by atoms with Crippen LogP contribution in [0.4, 0.5) is 4.79 Å². The van der Waals surface area contributed by atoms with Crippen molar-refractivity contribution in [3.63, 3.8) is 0 Å². The first kappa shape index (κ1) is 22.5. The van der Waals surface area contributed by atoms with E-state index >= 15 is 0 Å². The fraction of sp³-hybridized carbons (Fsp3) is 0.737. The van der Waals surface area contributed by atoms with Gasteiger partial charge < -0.3 is 19.7 Å². The van der Waals surface area contributed by atoms with Crippen LogP contribution in [-0.2, 0) is 23.9 Å². The number of nitriles is 1. The maximum atomic E-state index is 13.1. The number of likely N-dealkylation sites (tertiary alicyclic amines) is 2. The molecule has 0 aromatic heterocycles. The molecule has 2 aliphatic rings. The summed E-state index contributed by atoms with van der Waals surface area (Å²) in [5.74, 6) is -2.30. The first-order valence-electron chi connectivity index (χ1n) is 9.74. The van der Waals surface area contributed by atoms with E-state index in [-0.39, 0.29) is 25.5 Å². The standard InChI is InChI=1S/C19H28N4O6/c1-5-28-17(26)15(24)21-12-9-14(16(25)22-8-6-7-13(22)10-20)23(11-12)18(27)29-19(2,3)4/h12-14H,5-9,11H2,1-4H3,(H,21,24)/t12-,13?,14-/m0/s1. The second kappa shape index (κ2) is 9.11. The van der Waals surface area contributed by atoms with Crippen molar-refractivity contribution in [2.45, 2.75) is 70.7 Å². The zero-order valence-corrected chi connectivity index (χ0v) is 17.3. The molecule has 2 fully saturated rings. The van der Waals surface area contributed by atoms with Gasteiger partial charge in [-0.25, -0.2) is 9.59 Å². The number of nitrogens with zero attached hydrogens (tertiary/aromatic N) is 3. The highest BCUT2D eigenvalue weighted by atomic mass is 16.6. The highest BCUT2D eigenvalue weighted by molar-refractivity contribution is 6.32. The van der Waals surface area contributed by atoms with Gasteiger partial charge in [0.05, 0.1) is 12.7 Å². The average molecular weight is 408 g/mol. The van der Waals surface area contributed by atoms with Gasteiger partial charge in [0.15, 0.2) is 0 Å². The second-order valence-corrected chi connectivity index (χ2v) is 8.09. The normalized spacial score (nSPS) is 24.0. The van der Waals surface area contributed by atoms with Gasteiger partial charge in [0.25, 0.3) is 0 Å². The van der Waals surface area contributed by atoms with Gasteiger partial charge in [-0.1, -0.05) is 0 Å². The van der Waals surface area contributed by atoms with Crippen LogP contribution in [0, 0.1) is 11.3 Å². The SMILES string of the molecule is CCOC(=O)C(=O)N[C@H]1C[C@@H](C(=O)N2CCCC2C#N)N(C(=O)OC(C)(C)C)C1. The molecule has 2 saturated heterocycles. The molecule has 0 aromatic rings. The number of ether oxygens (including phenoxy) is 2. The molecule has 3 atom stereocenters. The van der Waals surface area contributed by atoms with Crippen LogP contribution in [0.1, 0.15) is 47.0 Å². The molecule has 2 rings (SSSR count). The predicted octanol–water partition coefficient (Wildman–Crippen LogP) is 0.558. The highest BCUT2D eigenvalue weighted by Gasteiger charge is 2.45. The zero-order valence-electron chi connectivity index (χ0n) is 17.3. The number of rotatable bonds is 3. The Hall–Kier alpha value is -2.83. The zero-order chi connectivity index (χ0) is 21.8. The van der Waals surface area contributed by atoms with Gasteiger partial charge in [-0.15, -0.1) is 0 Å².